The third-order valence-electron chi connectivity index (χ3n) is 5.09. The third-order valence-corrected chi connectivity index (χ3v) is 5.09. The highest BCUT2D eigenvalue weighted by molar-refractivity contribution is 6.46. The third kappa shape index (κ3) is 4.36. The van der Waals surface area contributed by atoms with Crippen molar-refractivity contribution >= 4 is 17.4 Å². The highest BCUT2D eigenvalue weighted by Gasteiger charge is 2.45. The van der Waals surface area contributed by atoms with Crippen molar-refractivity contribution in [2.75, 3.05) is 34.3 Å². The Hall–Kier alpha value is -3.19. The smallest absolute Gasteiger partial charge is 0.295 e. The number of aliphatic hydroxyl groups excluding tert-OH is 1. The second-order valence-corrected chi connectivity index (χ2v) is 7.43. The van der Waals surface area contributed by atoms with Crippen molar-refractivity contribution in [1.82, 2.24) is 9.80 Å². The van der Waals surface area contributed by atoms with E-state index in [0.717, 1.165) is 6.54 Å². The van der Waals surface area contributed by atoms with Gasteiger partial charge < -0.3 is 19.6 Å². The van der Waals surface area contributed by atoms with Crippen molar-refractivity contribution in [3.8, 4) is 5.75 Å². The number of Topliss-reactive ketones (excluding diaryl/α,β-unsaturated/α-hetero) is 1. The number of ketones is 1. The molecule has 2 aromatic carbocycles. The zero-order valence-corrected chi connectivity index (χ0v) is 17.3. The van der Waals surface area contributed by atoms with Crippen molar-refractivity contribution in [3.63, 3.8) is 0 Å². The van der Waals surface area contributed by atoms with Crippen molar-refractivity contribution < 1.29 is 23.8 Å². The standard InChI is InChI=1S/C23H25FN2O4/c1-25(2)13-4-14-26-20(15-7-11-18(30-3)12-8-15)19(22(28)23(26)29)21(27)16-5-9-17(24)10-6-16/h5-12,20,27H,4,13-14H2,1-3H3/t20-/m0/s1. The minimum Gasteiger partial charge on any atom is -0.507 e. The SMILES string of the molecule is COc1ccc([C@H]2C(=C(O)c3ccc(F)cc3)C(=O)C(=O)N2CCCN(C)C)cc1. The first kappa shape index (κ1) is 21.5. The molecule has 2 aromatic rings. The topological polar surface area (TPSA) is 70.1 Å². The van der Waals surface area contributed by atoms with Gasteiger partial charge in [-0.1, -0.05) is 12.1 Å². The highest BCUT2D eigenvalue weighted by Crippen LogP contribution is 2.39. The Bertz CT molecular complexity index is 952. The summed E-state index contributed by atoms with van der Waals surface area (Å²) in [6, 6.07) is 11.5. The number of aliphatic hydroxyl groups is 1. The summed E-state index contributed by atoms with van der Waals surface area (Å²) in [7, 11) is 5.42. The number of rotatable bonds is 7. The molecule has 6 nitrogen and oxygen atoms in total. The van der Waals surface area contributed by atoms with Crippen LogP contribution in [-0.4, -0.2) is 60.9 Å². The lowest BCUT2D eigenvalue weighted by Crippen LogP contribution is -2.32. The van der Waals surface area contributed by atoms with Crippen molar-refractivity contribution in [2.45, 2.75) is 12.5 Å². The Balaban J connectivity index is 2.07. The largest absolute Gasteiger partial charge is 0.507 e. The Morgan fingerprint density at radius 2 is 1.73 bits per heavy atom. The number of likely N-dealkylation sites (tertiary alicyclic amines) is 1. The summed E-state index contributed by atoms with van der Waals surface area (Å²) in [4.78, 5) is 29.2. The van der Waals surface area contributed by atoms with Gasteiger partial charge in [0.2, 0.25) is 0 Å². The van der Waals surface area contributed by atoms with Crippen LogP contribution in [0, 0.1) is 5.82 Å². The number of amides is 1. The molecule has 0 spiro atoms. The molecule has 1 atom stereocenters. The van der Waals surface area contributed by atoms with Crippen LogP contribution in [0.25, 0.3) is 5.76 Å². The van der Waals surface area contributed by atoms with Crippen LogP contribution in [0.4, 0.5) is 4.39 Å². The number of methoxy groups -OCH3 is 1. The lowest BCUT2D eigenvalue weighted by atomic mass is 9.95. The molecule has 0 aliphatic carbocycles. The maximum absolute atomic E-state index is 13.3. The lowest BCUT2D eigenvalue weighted by molar-refractivity contribution is -0.139. The van der Waals surface area contributed by atoms with Crippen LogP contribution < -0.4 is 4.74 Å². The summed E-state index contributed by atoms with van der Waals surface area (Å²) in [6.07, 6.45) is 0.670. The van der Waals surface area contributed by atoms with Gasteiger partial charge in [-0.15, -0.1) is 0 Å². The van der Waals surface area contributed by atoms with Crippen LogP contribution in [0.1, 0.15) is 23.6 Å². The summed E-state index contributed by atoms with van der Waals surface area (Å²) in [5, 5.41) is 10.9. The maximum Gasteiger partial charge on any atom is 0.295 e. The molecule has 1 amide bonds. The molecule has 1 aliphatic heterocycles. The number of hydrogen-bond donors (Lipinski definition) is 1. The molecule has 0 radical (unpaired) electrons. The number of carbonyl (C=O) groups excluding carboxylic acids is 2. The molecule has 0 aromatic heterocycles. The van der Waals surface area contributed by atoms with Crippen LogP contribution in [-0.2, 0) is 9.59 Å². The Kier molecular flexibility index (Phi) is 6.52. The molecule has 1 heterocycles. The van der Waals surface area contributed by atoms with Gasteiger partial charge >= 0.3 is 0 Å². The number of carbonyl (C=O) groups is 2. The predicted octanol–water partition coefficient (Wildman–Crippen LogP) is 3.21. The van der Waals surface area contributed by atoms with E-state index in [1.807, 2.05) is 19.0 Å². The van der Waals surface area contributed by atoms with E-state index in [9.17, 15) is 19.1 Å². The average Bonchev–Trinajstić information content (AvgIpc) is 2.98. The van der Waals surface area contributed by atoms with E-state index >= 15 is 0 Å². The molecule has 1 aliphatic rings. The summed E-state index contributed by atoms with van der Waals surface area (Å²) >= 11 is 0. The molecule has 30 heavy (non-hydrogen) atoms. The highest BCUT2D eigenvalue weighted by atomic mass is 19.1. The van der Waals surface area contributed by atoms with Gasteiger partial charge in [-0.25, -0.2) is 4.39 Å². The molecule has 0 saturated carbocycles. The van der Waals surface area contributed by atoms with Gasteiger partial charge in [0.15, 0.2) is 0 Å². The van der Waals surface area contributed by atoms with Gasteiger partial charge in [0.05, 0.1) is 18.7 Å². The lowest BCUT2D eigenvalue weighted by Gasteiger charge is -2.26. The van der Waals surface area contributed by atoms with E-state index in [2.05, 4.69) is 0 Å². The van der Waals surface area contributed by atoms with E-state index in [1.54, 1.807) is 31.4 Å². The molecule has 0 bridgehead atoms. The number of nitrogens with zero attached hydrogens (tertiary/aromatic N) is 2. The molecule has 1 N–H and O–H groups in total. The number of ether oxygens (including phenoxy) is 1. The van der Waals surface area contributed by atoms with Gasteiger partial charge in [-0.3, -0.25) is 9.59 Å². The first-order valence-electron chi connectivity index (χ1n) is 9.66. The first-order valence-corrected chi connectivity index (χ1v) is 9.66. The predicted molar refractivity (Wildman–Crippen MR) is 112 cm³/mol. The summed E-state index contributed by atoms with van der Waals surface area (Å²) < 4.78 is 18.5. The molecular formula is C23H25FN2O4. The number of hydrogen-bond acceptors (Lipinski definition) is 5. The van der Waals surface area contributed by atoms with Crippen molar-refractivity contribution in [3.05, 3.63) is 71.0 Å². The zero-order chi connectivity index (χ0) is 21.8. The first-order chi connectivity index (χ1) is 14.3. The molecule has 158 valence electrons. The van der Waals surface area contributed by atoms with Crippen molar-refractivity contribution in [1.29, 1.82) is 0 Å². The Labute approximate surface area is 175 Å². The van der Waals surface area contributed by atoms with E-state index in [0.29, 0.717) is 24.3 Å². The monoisotopic (exact) mass is 412 g/mol. The van der Waals surface area contributed by atoms with Gasteiger partial charge in [0.25, 0.3) is 11.7 Å². The fraction of sp³-hybridized carbons (Fsp3) is 0.304. The fourth-order valence-electron chi connectivity index (χ4n) is 3.56. The van der Waals surface area contributed by atoms with E-state index in [-0.39, 0.29) is 16.9 Å². The molecule has 0 unspecified atom stereocenters. The van der Waals surface area contributed by atoms with Crippen molar-refractivity contribution in [2.24, 2.45) is 0 Å². The maximum atomic E-state index is 13.3. The summed E-state index contributed by atoms with van der Waals surface area (Å²) in [6.45, 7) is 1.11. The molecule has 1 fully saturated rings. The van der Waals surface area contributed by atoms with Gasteiger partial charge in [0, 0.05) is 12.1 Å². The van der Waals surface area contributed by atoms with Gasteiger partial charge in [-0.2, -0.15) is 0 Å². The van der Waals surface area contributed by atoms with Crippen LogP contribution >= 0.6 is 0 Å². The molecule has 3 rings (SSSR count). The molecule has 7 heteroatoms. The van der Waals surface area contributed by atoms with Crippen LogP contribution in [0.15, 0.2) is 54.1 Å². The quantitative estimate of drug-likeness (QED) is 0.430. The second kappa shape index (κ2) is 9.09. The fourth-order valence-corrected chi connectivity index (χ4v) is 3.56. The minimum atomic E-state index is -0.748. The second-order valence-electron chi connectivity index (χ2n) is 7.43. The average molecular weight is 412 g/mol. The van der Waals surface area contributed by atoms with E-state index < -0.39 is 23.5 Å². The number of halogens is 1. The van der Waals surface area contributed by atoms with Gasteiger partial charge in [-0.05, 0) is 69.0 Å². The van der Waals surface area contributed by atoms with Crippen LogP contribution in [0.3, 0.4) is 0 Å². The Morgan fingerprint density at radius 1 is 1.10 bits per heavy atom. The minimum absolute atomic E-state index is 0.00151. The Morgan fingerprint density at radius 3 is 2.30 bits per heavy atom. The van der Waals surface area contributed by atoms with E-state index in [4.69, 9.17) is 4.74 Å². The van der Waals surface area contributed by atoms with E-state index in [1.165, 1.54) is 29.2 Å². The van der Waals surface area contributed by atoms with Gasteiger partial charge in [0.1, 0.15) is 17.3 Å². The van der Waals surface area contributed by atoms with Crippen LogP contribution in [0.5, 0.6) is 5.75 Å². The summed E-state index contributed by atoms with van der Waals surface area (Å²) in [5.41, 5.74) is 0.964. The number of benzene rings is 2. The van der Waals surface area contributed by atoms with Crippen LogP contribution in [0.2, 0.25) is 0 Å². The summed E-state index contributed by atoms with van der Waals surface area (Å²) in [5.74, 6) is -1.53. The zero-order valence-electron chi connectivity index (χ0n) is 17.3. The normalized spacial score (nSPS) is 18.3. The molecule has 1 saturated heterocycles. The molecular weight excluding hydrogens is 387 g/mol.